The zero-order valence-electron chi connectivity index (χ0n) is 10.3. The Balaban J connectivity index is 3.15. The lowest BCUT2D eigenvalue weighted by atomic mass is 9.91. The van der Waals surface area contributed by atoms with Gasteiger partial charge in [0.25, 0.3) is 0 Å². The second-order valence-corrected chi connectivity index (χ2v) is 4.21. The molecule has 1 rings (SSSR count). The van der Waals surface area contributed by atoms with E-state index in [0.717, 1.165) is 11.1 Å². The van der Waals surface area contributed by atoms with Crippen LogP contribution in [0, 0.1) is 0 Å². The van der Waals surface area contributed by atoms with E-state index in [-0.39, 0.29) is 5.78 Å². The van der Waals surface area contributed by atoms with Crippen molar-refractivity contribution < 1.29 is 9.53 Å². The van der Waals surface area contributed by atoms with Gasteiger partial charge in [0.2, 0.25) is 0 Å². The molecule has 0 saturated heterocycles. The van der Waals surface area contributed by atoms with E-state index in [4.69, 9.17) is 4.74 Å². The topological polar surface area (TPSA) is 38.3 Å². The van der Waals surface area contributed by atoms with Gasteiger partial charge >= 0.3 is 0 Å². The molecule has 3 heteroatoms. The maximum Gasteiger partial charge on any atom is 0.176 e. The molecule has 0 aliphatic heterocycles. The van der Waals surface area contributed by atoms with Crippen LogP contribution in [0.15, 0.2) is 24.3 Å². The molecular weight excluding hydrogens is 202 g/mol. The van der Waals surface area contributed by atoms with Crippen molar-refractivity contribution in [2.75, 3.05) is 20.7 Å². The van der Waals surface area contributed by atoms with Gasteiger partial charge in [-0.3, -0.25) is 4.79 Å². The summed E-state index contributed by atoms with van der Waals surface area (Å²) in [5, 5.41) is 2.87. The number of hydrogen-bond donors (Lipinski definition) is 1. The quantitative estimate of drug-likeness (QED) is 0.772. The lowest BCUT2D eigenvalue weighted by Crippen LogP contribution is -2.26. The molecule has 0 heterocycles. The van der Waals surface area contributed by atoms with Crippen LogP contribution in [0.1, 0.15) is 29.8 Å². The molecule has 0 radical (unpaired) electrons. The standard InChI is InChI=1S/C13H19NO2/c1-13(2,16-4)11-8-6-5-7-10(11)12(15)9-14-3/h5-8,14H,9H2,1-4H3. The van der Waals surface area contributed by atoms with Crippen molar-refractivity contribution in [2.45, 2.75) is 19.4 Å². The van der Waals surface area contributed by atoms with Crippen molar-refractivity contribution in [1.29, 1.82) is 0 Å². The lowest BCUT2D eigenvalue weighted by Gasteiger charge is -2.25. The number of benzene rings is 1. The van der Waals surface area contributed by atoms with Crippen LogP contribution in [-0.4, -0.2) is 26.5 Å². The van der Waals surface area contributed by atoms with E-state index in [0.29, 0.717) is 6.54 Å². The fourth-order valence-electron chi connectivity index (χ4n) is 1.62. The SMILES string of the molecule is CNCC(=O)c1ccccc1C(C)(C)OC. The predicted molar refractivity (Wildman–Crippen MR) is 64.7 cm³/mol. The highest BCUT2D eigenvalue weighted by Gasteiger charge is 2.24. The third-order valence-corrected chi connectivity index (χ3v) is 2.72. The van der Waals surface area contributed by atoms with E-state index in [2.05, 4.69) is 5.32 Å². The van der Waals surface area contributed by atoms with Gasteiger partial charge in [-0.25, -0.2) is 0 Å². The van der Waals surface area contributed by atoms with Crippen molar-refractivity contribution >= 4 is 5.78 Å². The Kier molecular flexibility index (Phi) is 4.21. The minimum Gasteiger partial charge on any atom is -0.374 e. The smallest absolute Gasteiger partial charge is 0.176 e. The van der Waals surface area contributed by atoms with Gasteiger partial charge in [0.15, 0.2) is 5.78 Å². The summed E-state index contributed by atoms with van der Waals surface area (Å²) in [6, 6.07) is 7.58. The van der Waals surface area contributed by atoms with Crippen LogP contribution in [0.5, 0.6) is 0 Å². The summed E-state index contributed by atoms with van der Waals surface area (Å²) >= 11 is 0. The Morgan fingerprint density at radius 3 is 2.56 bits per heavy atom. The fourth-order valence-corrected chi connectivity index (χ4v) is 1.62. The van der Waals surface area contributed by atoms with Crippen molar-refractivity contribution in [3.63, 3.8) is 0 Å². The Morgan fingerprint density at radius 1 is 1.38 bits per heavy atom. The largest absolute Gasteiger partial charge is 0.374 e. The minimum atomic E-state index is -0.444. The normalized spacial score (nSPS) is 11.5. The number of methoxy groups -OCH3 is 1. The minimum absolute atomic E-state index is 0.0863. The van der Waals surface area contributed by atoms with E-state index >= 15 is 0 Å². The monoisotopic (exact) mass is 221 g/mol. The van der Waals surface area contributed by atoms with Gasteiger partial charge in [-0.15, -0.1) is 0 Å². The zero-order chi connectivity index (χ0) is 12.2. The highest BCUT2D eigenvalue weighted by molar-refractivity contribution is 5.99. The molecule has 1 aromatic carbocycles. The lowest BCUT2D eigenvalue weighted by molar-refractivity contribution is 0.0184. The molecule has 16 heavy (non-hydrogen) atoms. The number of carbonyl (C=O) groups is 1. The van der Waals surface area contributed by atoms with Crippen molar-refractivity contribution in [1.82, 2.24) is 5.32 Å². The number of Topliss-reactive ketones (excluding diaryl/α,β-unsaturated/α-hetero) is 1. The third-order valence-electron chi connectivity index (χ3n) is 2.72. The molecule has 0 spiro atoms. The van der Waals surface area contributed by atoms with E-state index in [1.165, 1.54) is 0 Å². The Morgan fingerprint density at radius 2 is 2.00 bits per heavy atom. The zero-order valence-corrected chi connectivity index (χ0v) is 10.3. The van der Waals surface area contributed by atoms with E-state index in [9.17, 15) is 4.79 Å². The fraction of sp³-hybridized carbons (Fsp3) is 0.462. The van der Waals surface area contributed by atoms with Crippen LogP contribution >= 0.6 is 0 Å². The van der Waals surface area contributed by atoms with Gasteiger partial charge in [-0.2, -0.15) is 0 Å². The van der Waals surface area contributed by atoms with Crippen molar-refractivity contribution in [3.8, 4) is 0 Å². The summed E-state index contributed by atoms with van der Waals surface area (Å²) in [6.45, 7) is 4.26. The van der Waals surface area contributed by atoms with E-state index in [1.54, 1.807) is 14.2 Å². The summed E-state index contributed by atoms with van der Waals surface area (Å²) in [6.07, 6.45) is 0. The molecule has 0 aliphatic carbocycles. The highest BCUT2D eigenvalue weighted by atomic mass is 16.5. The number of hydrogen-bond acceptors (Lipinski definition) is 3. The van der Waals surface area contributed by atoms with Gasteiger partial charge in [0.05, 0.1) is 12.1 Å². The molecule has 0 saturated carbocycles. The van der Waals surface area contributed by atoms with Gasteiger partial charge in [0, 0.05) is 12.7 Å². The maximum atomic E-state index is 11.9. The second kappa shape index (κ2) is 5.23. The average molecular weight is 221 g/mol. The molecule has 3 nitrogen and oxygen atoms in total. The van der Waals surface area contributed by atoms with Crippen LogP contribution in [0.3, 0.4) is 0 Å². The molecule has 0 bridgehead atoms. The van der Waals surface area contributed by atoms with Crippen molar-refractivity contribution in [3.05, 3.63) is 35.4 Å². The second-order valence-electron chi connectivity index (χ2n) is 4.21. The van der Waals surface area contributed by atoms with Crippen LogP contribution in [0.25, 0.3) is 0 Å². The number of nitrogens with one attached hydrogen (secondary N) is 1. The molecular formula is C13H19NO2. The van der Waals surface area contributed by atoms with Gasteiger partial charge in [-0.1, -0.05) is 24.3 Å². The Bertz CT molecular complexity index is 372. The predicted octanol–water partition coefficient (Wildman–Crippen LogP) is 1.97. The summed E-state index contributed by atoms with van der Waals surface area (Å²) < 4.78 is 5.42. The van der Waals surface area contributed by atoms with E-state index in [1.807, 2.05) is 38.1 Å². The first-order chi connectivity index (χ1) is 7.53. The number of ketones is 1. The number of likely N-dealkylation sites (N-methyl/N-ethyl adjacent to an activating group) is 1. The average Bonchev–Trinajstić information content (AvgIpc) is 2.29. The first-order valence-electron chi connectivity index (χ1n) is 5.35. The highest BCUT2D eigenvalue weighted by Crippen LogP contribution is 2.27. The summed E-state index contributed by atoms with van der Waals surface area (Å²) in [5.41, 5.74) is 1.21. The van der Waals surface area contributed by atoms with Crippen LogP contribution < -0.4 is 5.32 Å². The van der Waals surface area contributed by atoms with Crippen LogP contribution in [-0.2, 0) is 10.3 Å². The van der Waals surface area contributed by atoms with Gasteiger partial charge in [-0.05, 0) is 26.5 Å². The first kappa shape index (κ1) is 12.9. The Labute approximate surface area is 96.8 Å². The van der Waals surface area contributed by atoms with Gasteiger partial charge < -0.3 is 10.1 Å². The molecule has 0 amide bonds. The molecule has 0 aromatic heterocycles. The van der Waals surface area contributed by atoms with Crippen LogP contribution in [0.4, 0.5) is 0 Å². The summed E-state index contributed by atoms with van der Waals surface area (Å²) in [5.74, 6) is 0.0863. The summed E-state index contributed by atoms with van der Waals surface area (Å²) in [4.78, 5) is 11.9. The molecule has 0 fully saturated rings. The number of carbonyl (C=O) groups excluding carboxylic acids is 1. The molecule has 0 atom stereocenters. The molecule has 0 aliphatic rings. The number of ether oxygens (including phenoxy) is 1. The first-order valence-corrected chi connectivity index (χ1v) is 5.35. The van der Waals surface area contributed by atoms with Crippen LogP contribution in [0.2, 0.25) is 0 Å². The van der Waals surface area contributed by atoms with E-state index < -0.39 is 5.60 Å². The van der Waals surface area contributed by atoms with Crippen molar-refractivity contribution in [2.24, 2.45) is 0 Å². The maximum absolute atomic E-state index is 11.9. The van der Waals surface area contributed by atoms with Gasteiger partial charge in [0.1, 0.15) is 0 Å². The third kappa shape index (κ3) is 2.68. The summed E-state index contributed by atoms with van der Waals surface area (Å²) in [7, 11) is 3.42. The molecule has 1 aromatic rings. The molecule has 88 valence electrons. The molecule has 1 N–H and O–H groups in total. The molecule has 0 unspecified atom stereocenters. The Hall–Kier alpha value is -1.19. The number of rotatable bonds is 5.